The van der Waals surface area contributed by atoms with E-state index in [-0.39, 0.29) is 23.6 Å². The molecular weight excluding hydrogens is 342 g/mol. The Labute approximate surface area is 159 Å². The standard InChI is InChI=1S/C21H27N3O3/c25-19-14-17-12-15(6-7-18(17)22-19)13-20(26)23-8-3-9-24(11-10-23)21(27)16-4-1-2-5-16/h6-7,12,16H,1-5,8-11,13-14H2,(H,22,25). The third kappa shape index (κ3) is 3.99. The summed E-state index contributed by atoms with van der Waals surface area (Å²) in [5.74, 6) is 0.600. The van der Waals surface area contributed by atoms with Gasteiger partial charge in [-0.15, -0.1) is 0 Å². The number of benzene rings is 1. The third-order valence-corrected chi connectivity index (χ3v) is 6.01. The maximum Gasteiger partial charge on any atom is 0.228 e. The summed E-state index contributed by atoms with van der Waals surface area (Å²) in [4.78, 5) is 40.7. The summed E-state index contributed by atoms with van der Waals surface area (Å²) < 4.78 is 0. The van der Waals surface area contributed by atoms with Crippen molar-refractivity contribution in [1.82, 2.24) is 9.80 Å². The van der Waals surface area contributed by atoms with E-state index in [0.29, 0.717) is 32.5 Å². The molecule has 6 heteroatoms. The Morgan fingerprint density at radius 2 is 1.74 bits per heavy atom. The third-order valence-electron chi connectivity index (χ3n) is 6.01. The first kappa shape index (κ1) is 18.0. The molecular formula is C21H27N3O3. The summed E-state index contributed by atoms with van der Waals surface area (Å²) >= 11 is 0. The Morgan fingerprint density at radius 3 is 2.56 bits per heavy atom. The van der Waals surface area contributed by atoms with Crippen molar-refractivity contribution in [2.24, 2.45) is 5.92 Å². The zero-order valence-electron chi connectivity index (χ0n) is 15.7. The molecule has 6 nitrogen and oxygen atoms in total. The van der Waals surface area contributed by atoms with E-state index in [1.165, 1.54) is 0 Å². The van der Waals surface area contributed by atoms with Crippen LogP contribution in [0, 0.1) is 5.92 Å². The van der Waals surface area contributed by atoms with Crippen LogP contribution in [0.5, 0.6) is 0 Å². The zero-order valence-corrected chi connectivity index (χ0v) is 15.7. The van der Waals surface area contributed by atoms with Crippen LogP contribution in [0.15, 0.2) is 18.2 Å². The van der Waals surface area contributed by atoms with Crippen LogP contribution in [0.25, 0.3) is 0 Å². The lowest BCUT2D eigenvalue weighted by molar-refractivity contribution is -0.136. The van der Waals surface area contributed by atoms with Crippen molar-refractivity contribution < 1.29 is 14.4 Å². The van der Waals surface area contributed by atoms with E-state index >= 15 is 0 Å². The Kier molecular flexibility index (Phi) is 5.14. The number of amides is 3. The van der Waals surface area contributed by atoms with Gasteiger partial charge in [0.15, 0.2) is 0 Å². The Hall–Kier alpha value is -2.37. The highest BCUT2D eigenvalue weighted by Gasteiger charge is 2.29. The molecule has 1 saturated heterocycles. The van der Waals surface area contributed by atoms with Gasteiger partial charge in [-0.2, -0.15) is 0 Å². The average molecular weight is 369 g/mol. The molecule has 0 bridgehead atoms. The lowest BCUT2D eigenvalue weighted by Crippen LogP contribution is -2.39. The molecule has 144 valence electrons. The second-order valence-electron chi connectivity index (χ2n) is 7.93. The van der Waals surface area contributed by atoms with Crippen LogP contribution in [-0.2, 0) is 27.2 Å². The first-order valence-electron chi connectivity index (χ1n) is 10.1. The molecule has 2 aliphatic heterocycles. The van der Waals surface area contributed by atoms with Crippen LogP contribution in [0.4, 0.5) is 5.69 Å². The number of fused-ring (bicyclic) bond motifs is 1. The predicted octanol–water partition coefficient (Wildman–Crippen LogP) is 1.97. The molecule has 27 heavy (non-hydrogen) atoms. The number of carbonyl (C=O) groups is 3. The Balaban J connectivity index is 1.34. The molecule has 0 unspecified atom stereocenters. The largest absolute Gasteiger partial charge is 0.341 e. The minimum atomic E-state index is 0.00742. The van der Waals surface area contributed by atoms with E-state index in [9.17, 15) is 14.4 Å². The molecule has 1 aromatic carbocycles. The molecule has 0 aromatic heterocycles. The fourth-order valence-electron chi connectivity index (χ4n) is 4.50. The van der Waals surface area contributed by atoms with Crippen LogP contribution in [0.3, 0.4) is 0 Å². The van der Waals surface area contributed by atoms with E-state index in [4.69, 9.17) is 0 Å². The van der Waals surface area contributed by atoms with Crippen molar-refractivity contribution in [3.8, 4) is 0 Å². The molecule has 2 heterocycles. The minimum absolute atomic E-state index is 0.00742. The molecule has 3 aliphatic rings. The van der Waals surface area contributed by atoms with Crippen LogP contribution in [0.2, 0.25) is 0 Å². The number of anilines is 1. The highest BCUT2D eigenvalue weighted by molar-refractivity contribution is 5.99. The van der Waals surface area contributed by atoms with Gasteiger partial charge in [-0.05, 0) is 36.5 Å². The second-order valence-corrected chi connectivity index (χ2v) is 7.93. The molecule has 1 aromatic rings. The van der Waals surface area contributed by atoms with Crippen LogP contribution in [-0.4, -0.2) is 53.7 Å². The van der Waals surface area contributed by atoms with Crippen LogP contribution in [0.1, 0.15) is 43.2 Å². The SMILES string of the molecule is O=C1Cc2cc(CC(=O)N3CCCN(C(=O)C4CCCC4)CC3)ccc2N1. The van der Waals surface area contributed by atoms with Crippen molar-refractivity contribution in [1.29, 1.82) is 0 Å². The van der Waals surface area contributed by atoms with Gasteiger partial charge < -0.3 is 15.1 Å². The van der Waals surface area contributed by atoms with Gasteiger partial charge in [-0.1, -0.05) is 25.0 Å². The monoisotopic (exact) mass is 369 g/mol. The van der Waals surface area contributed by atoms with Crippen molar-refractivity contribution >= 4 is 23.4 Å². The second kappa shape index (κ2) is 7.71. The van der Waals surface area contributed by atoms with Gasteiger partial charge in [0.05, 0.1) is 12.8 Å². The lowest BCUT2D eigenvalue weighted by atomic mass is 10.1. The number of nitrogens with zero attached hydrogens (tertiary/aromatic N) is 2. The van der Waals surface area contributed by atoms with E-state index in [1.807, 2.05) is 28.0 Å². The first-order chi connectivity index (χ1) is 13.1. The molecule has 0 atom stereocenters. The number of carbonyl (C=O) groups excluding carboxylic acids is 3. The van der Waals surface area contributed by atoms with Gasteiger partial charge in [-0.3, -0.25) is 14.4 Å². The summed E-state index contributed by atoms with van der Waals surface area (Å²) in [5.41, 5.74) is 2.76. The summed E-state index contributed by atoms with van der Waals surface area (Å²) in [5, 5.41) is 2.82. The molecule has 1 aliphatic carbocycles. The molecule has 2 fully saturated rings. The van der Waals surface area contributed by atoms with Gasteiger partial charge >= 0.3 is 0 Å². The zero-order chi connectivity index (χ0) is 18.8. The van der Waals surface area contributed by atoms with Gasteiger partial charge in [0.1, 0.15) is 0 Å². The molecule has 3 amide bonds. The summed E-state index contributed by atoms with van der Waals surface area (Å²) in [6.07, 6.45) is 5.94. The minimum Gasteiger partial charge on any atom is -0.341 e. The highest BCUT2D eigenvalue weighted by Crippen LogP contribution is 2.27. The van der Waals surface area contributed by atoms with Crippen LogP contribution < -0.4 is 5.32 Å². The fourth-order valence-corrected chi connectivity index (χ4v) is 4.50. The number of hydrogen-bond donors (Lipinski definition) is 1. The summed E-state index contributed by atoms with van der Waals surface area (Å²) in [6, 6.07) is 5.75. The number of rotatable bonds is 3. The van der Waals surface area contributed by atoms with E-state index < -0.39 is 0 Å². The summed E-state index contributed by atoms with van der Waals surface area (Å²) in [7, 11) is 0. The van der Waals surface area contributed by atoms with E-state index in [2.05, 4.69) is 5.32 Å². The maximum absolute atomic E-state index is 12.8. The molecule has 1 saturated carbocycles. The topological polar surface area (TPSA) is 69.7 Å². The van der Waals surface area contributed by atoms with E-state index in [1.54, 1.807) is 0 Å². The van der Waals surface area contributed by atoms with Crippen molar-refractivity contribution in [2.45, 2.75) is 44.9 Å². The fraction of sp³-hybridized carbons (Fsp3) is 0.571. The number of nitrogens with one attached hydrogen (secondary N) is 1. The van der Waals surface area contributed by atoms with Crippen molar-refractivity contribution in [3.05, 3.63) is 29.3 Å². The van der Waals surface area contributed by atoms with Gasteiger partial charge in [0.2, 0.25) is 17.7 Å². The average Bonchev–Trinajstić information content (AvgIpc) is 3.23. The first-order valence-corrected chi connectivity index (χ1v) is 10.1. The normalized spacial score (nSPS) is 20.4. The van der Waals surface area contributed by atoms with Crippen molar-refractivity contribution in [3.63, 3.8) is 0 Å². The smallest absolute Gasteiger partial charge is 0.228 e. The highest BCUT2D eigenvalue weighted by atomic mass is 16.2. The van der Waals surface area contributed by atoms with Gasteiger partial charge in [0.25, 0.3) is 0 Å². The van der Waals surface area contributed by atoms with Crippen molar-refractivity contribution in [2.75, 3.05) is 31.5 Å². The predicted molar refractivity (Wildman–Crippen MR) is 102 cm³/mol. The van der Waals surface area contributed by atoms with E-state index in [0.717, 1.165) is 55.5 Å². The maximum atomic E-state index is 12.8. The van der Waals surface area contributed by atoms with Gasteiger partial charge in [-0.25, -0.2) is 0 Å². The lowest BCUT2D eigenvalue weighted by Gasteiger charge is -2.24. The molecule has 0 spiro atoms. The van der Waals surface area contributed by atoms with Crippen LogP contribution >= 0.6 is 0 Å². The quantitative estimate of drug-likeness (QED) is 0.886. The number of hydrogen-bond acceptors (Lipinski definition) is 3. The Bertz CT molecular complexity index is 755. The Morgan fingerprint density at radius 1 is 1.00 bits per heavy atom. The molecule has 0 radical (unpaired) electrons. The summed E-state index contributed by atoms with van der Waals surface area (Å²) in [6.45, 7) is 2.72. The molecule has 4 rings (SSSR count). The van der Waals surface area contributed by atoms with Gasteiger partial charge in [0, 0.05) is 37.8 Å². The molecule has 1 N–H and O–H groups in total.